The number of benzene rings is 3. The van der Waals surface area contributed by atoms with Gasteiger partial charge in [-0.05, 0) is 71.9 Å². The number of sulfonamides is 1. The van der Waals surface area contributed by atoms with Crippen LogP contribution in [0.5, 0.6) is 0 Å². The number of nitrogens with zero attached hydrogens (tertiary/aromatic N) is 1. The molecule has 1 heterocycles. The highest BCUT2D eigenvalue weighted by Gasteiger charge is 2.29. The second-order valence-electron chi connectivity index (χ2n) is 9.01. The average Bonchev–Trinajstić information content (AvgIpc) is 2.91. The quantitative estimate of drug-likeness (QED) is 0.435. The van der Waals surface area contributed by atoms with Crippen molar-refractivity contribution in [2.75, 3.05) is 26.2 Å². The summed E-state index contributed by atoms with van der Waals surface area (Å²) in [7, 11) is -3.64. The van der Waals surface area contributed by atoms with Gasteiger partial charge in [0.2, 0.25) is 15.9 Å². The fraction of sp³-hybridized carbons (Fsp3) is 0.286. The molecular formula is C28H31N3O4S. The topological polar surface area (TPSA) is 95.6 Å². The van der Waals surface area contributed by atoms with E-state index in [1.165, 1.54) is 33.3 Å². The maximum absolute atomic E-state index is 13.1. The maximum Gasteiger partial charge on any atom is 0.251 e. The Bertz CT molecular complexity index is 1340. The minimum atomic E-state index is -3.64. The number of piperidine rings is 1. The third-order valence-corrected chi connectivity index (χ3v) is 8.50. The second-order valence-corrected chi connectivity index (χ2v) is 10.9. The van der Waals surface area contributed by atoms with Crippen LogP contribution in [0.4, 0.5) is 0 Å². The van der Waals surface area contributed by atoms with Crippen LogP contribution in [0.3, 0.4) is 0 Å². The molecule has 0 unspecified atom stereocenters. The van der Waals surface area contributed by atoms with E-state index in [2.05, 4.69) is 47.5 Å². The van der Waals surface area contributed by atoms with E-state index >= 15 is 0 Å². The molecule has 0 spiro atoms. The lowest BCUT2D eigenvalue weighted by atomic mass is 9.98. The van der Waals surface area contributed by atoms with Crippen LogP contribution in [-0.2, 0) is 21.2 Å². The highest BCUT2D eigenvalue weighted by molar-refractivity contribution is 7.89. The lowest BCUT2D eigenvalue weighted by molar-refractivity contribution is -0.116. The van der Waals surface area contributed by atoms with E-state index < -0.39 is 10.0 Å². The minimum Gasteiger partial charge on any atom is -0.352 e. The van der Waals surface area contributed by atoms with Crippen LogP contribution < -0.4 is 10.6 Å². The fourth-order valence-corrected chi connectivity index (χ4v) is 5.88. The largest absolute Gasteiger partial charge is 0.352 e. The molecular weight excluding hydrogens is 474 g/mol. The summed E-state index contributed by atoms with van der Waals surface area (Å²) in [5.74, 6) is -0.217. The monoisotopic (exact) mass is 505 g/mol. The Morgan fingerprint density at radius 2 is 1.64 bits per heavy atom. The van der Waals surface area contributed by atoms with Crippen LogP contribution in [0, 0.1) is 5.92 Å². The average molecular weight is 506 g/mol. The van der Waals surface area contributed by atoms with Gasteiger partial charge in [-0.2, -0.15) is 4.31 Å². The van der Waals surface area contributed by atoms with Gasteiger partial charge in [0.15, 0.2) is 0 Å². The molecule has 2 amide bonds. The second kappa shape index (κ2) is 11.5. The summed E-state index contributed by atoms with van der Waals surface area (Å²) >= 11 is 0. The van der Waals surface area contributed by atoms with Crippen molar-refractivity contribution in [1.29, 1.82) is 0 Å². The van der Waals surface area contributed by atoms with Gasteiger partial charge in [-0.3, -0.25) is 9.59 Å². The molecule has 0 radical (unpaired) electrons. The van der Waals surface area contributed by atoms with Gasteiger partial charge in [-0.25, -0.2) is 8.42 Å². The normalized spacial score (nSPS) is 14.9. The van der Waals surface area contributed by atoms with Gasteiger partial charge >= 0.3 is 0 Å². The lowest BCUT2D eigenvalue weighted by Crippen LogP contribution is -2.41. The van der Waals surface area contributed by atoms with Crippen LogP contribution in [0.1, 0.15) is 28.8 Å². The maximum atomic E-state index is 13.1. The molecule has 3 aromatic carbocycles. The zero-order valence-corrected chi connectivity index (χ0v) is 21.0. The summed E-state index contributed by atoms with van der Waals surface area (Å²) in [5, 5.41) is 8.03. The lowest BCUT2D eigenvalue weighted by Gasteiger charge is -2.31. The molecule has 188 valence electrons. The van der Waals surface area contributed by atoms with Crippen molar-refractivity contribution in [3.05, 3.63) is 90.5 Å². The van der Waals surface area contributed by atoms with Gasteiger partial charge in [0.25, 0.3) is 5.91 Å². The van der Waals surface area contributed by atoms with Crippen LogP contribution in [0.25, 0.3) is 10.8 Å². The third-order valence-electron chi connectivity index (χ3n) is 6.59. The zero-order valence-electron chi connectivity index (χ0n) is 20.2. The third kappa shape index (κ3) is 6.19. The van der Waals surface area contributed by atoms with Crippen molar-refractivity contribution >= 4 is 32.6 Å². The first-order valence-corrected chi connectivity index (χ1v) is 13.6. The van der Waals surface area contributed by atoms with Gasteiger partial charge in [0.05, 0.1) is 4.90 Å². The summed E-state index contributed by atoms with van der Waals surface area (Å²) in [6.07, 6.45) is 3.29. The molecule has 8 heteroatoms. The number of rotatable bonds is 9. The predicted octanol–water partition coefficient (Wildman–Crippen LogP) is 3.52. The molecule has 4 rings (SSSR count). The summed E-state index contributed by atoms with van der Waals surface area (Å²) in [6.45, 7) is 5.23. The van der Waals surface area contributed by atoms with Crippen LogP contribution >= 0.6 is 0 Å². The minimum absolute atomic E-state index is 0.175. The van der Waals surface area contributed by atoms with Crippen LogP contribution in [0.15, 0.2) is 84.3 Å². The predicted molar refractivity (Wildman–Crippen MR) is 141 cm³/mol. The highest BCUT2D eigenvalue weighted by Crippen LogP contribution is 2.24. The van der Waals surface area contributed by atoms with Gasteiger partial charge in [0, 0.05) is 31.7 Å². The Labute approximate surface area is 212 Å². The van der Waals surface area contributed by atoms with E-state index in [0.29, 0.717) is 51.0 Å². The fourth-order valence-electron chi connectivity index (χ4n) is 4.41. The van der Waals surface area contributed by atoms with E-state index in [1.807, 2.05) is 12.1 Å². The van der Waals surface area contributed by atoms with Crippen molar-refractivity contribution < 1.29 is 18.0 Å². The molecule has 0 saturated carbocycles. The van der Waals surface area contributed by atoms with Crippen molar-refractivity contribution in [3.8, 4) is 0 Å². The first-order chi connectivity index (χ1) is 17.4. The van der Waals surface area contributed by atoms with Crippen molar-refractivity contribution in [2.45, 2.75) is 24.2 Å². The van der Waals surface area contributed by atoms with E-state index in [-0.39, 0.29) is 22.6 Å². The van der Waals surface area contributed by atoms with E-state index in [9.17, 15) is 18.0 Å². The highest BCUT2D eigenvalue weighted by atomic mass is 32.2. The van der Waals surface area contributed by atoms with Gasteiger partial charge in [-0.1, -0.05) is 49.0 Å². The molecule has 36 heavy (non-hydrogen) atoms. The Morgan fingerprint density at radius 3 is 2.33 bits per heavy atom. The Balaban J connectivity index is 1.28. The molecule has 3 aromatic rings. The first-order valence-electron chi connectivity index (χ1n) is 12.1. The number of nitrogens with one attached hydrogen (secondary N) is 2. The number of carbonyl (C=O) groups excluding carboxylic acids is 2. The van der Waals surface area contributed by atoms with Gasteiger partial charge in [0.1, 0.15) is 0 Å². The zero-order chi connectivity index (χ0) is 25.5. The first kappa shape index (κ1) is 25.6. The number of hydrogen-bond acceptors (Lipinski definition) is 4. The standard InChI is InChI=1S/C28H31N3O4S/c1-2-27(32)30-20-22-14-17-31(18-15-22)36(34,35)26-11-9-24(10-12-26)28(33)29-16-13-21-7-8-23-5-3-4-6-25(23)19-21/h2-12,19,22H,1,13-18,20H2,(H,29,33)(H,30,32). The summed E-state index contributed by atoms with van der Waals surface area (Å²) in [5.41, 5.74) is 1.56. The number of amides is 2. The molecule has 0 atom stereocenters. The molecule has 1 aliphatic rings. The van der Waals surface area contributed by atoms with Crippen LogP contribution in [-0.4, -0.2) is 50.7 Å². The van der Waals surface area contributed by atoms with Crippen molar-refractivity contribution in [2.24, 2.45) is 5.92 Å². The summed E-state index contributed by atoms with van der Waals surface area (Å²) in [4.78, 5) is 24.1. The number of fused-ring (bicyclic) bond motifs is 1. The van der Waals surface area contributed by atoms with E-state index in [4.69, 9.17) is 0 Å². The van der Waals surface area contributed by atoms with E-state index in [1.54, 1.807) is 12.1 Å². The van der Waals surface area contributed by atoms with Gasteiger partial charge in [-0.15, -0.1) is 0 Å². The Hall–Kier alpha value is -3.49. The van der Waals surface area contributed by atoms with Crippen LogP contribution in [0.2, 0.25) is 0 Å². The summed E-state index contributed by atoms with van der Waals surface area (Å²) in [6, 6.07) is 20.5. The summed E-state index contributed by atoms with van der Waals surface area (Å²) < 4.78 is 27.6. The number of carbonyl (C=O) groups is 2. The molecule has 0 aromatic heterocycles. The molecule has 1 fully saturated rings. The van der Waals surface area contributed by atoms with Gasteiger partial charge < -0.3 is 10.6 Å². The Morgan fingerprint density at radius 1 is 0.944 bits per heavy atom. The molecule has 1 saturated heterocycles. The van der Waals surface area contributed by atoms with Crippen molar-refractivity contribution in [3.63, 3.8) is 0 Å². The SMILES string of the molecule is C=CC(=O)NCC1CCN(S(=O)(=O)c2ccc(C(=O)NCCc3ccc4ccccc4c3)cc2)CC1. The molecule has 0 aliphatic carbocycles. The smallest absolute Gasteiger partial charge is 0.251 e. The Kier molecular flexibility index (Phi) is 8.18. The number of hydrogen-bond donors (Lipinski definition) is 2. The molecule has 0 bridgehead atoms. The molecule has 7 nitrogen and oxygen atoms in total. The van der Waals surface area contributed by atoms with Crippen molar-refractivity contribution in [1.82, 2.24) is 14.9 Å². The molecule has 1 aliphatic heterocycles. The molecule has 2 N–H and O–H groups in total. The van der Waals surface area contributed by atoms with E-state index in [0.717, 1.165) is 5.56 Å².